The number of benzene rings is 1. The van der Waals surface area contributed by atoms with Crippen LogP contribution in [0.15, 0.2) is 24.3 Å². The minimum Gasteiger partial charge on any atom is -0.456 e. The highest BCUT2D eigenvalue weighted by atomic mass is 19.3. The summed E-state index contributed by atoms with van der Waals surface area (Å²) >= 11 is 0. The van der Waals surface area contributed by atoms with Crippen molar-refractivity contribution in [2.45, 2.75) is 25.1 Å². The van der Waals surface area contributed by atoms with Gasteiger partial charge in [0.05, 0.1) is 18.7 Å². The lowest BCUT2D eigenvalue weighted by Crippen LogP contribution is -2.22. The zero-order valence-corrected chi connectivity index (χ0v) is 10.1. The fourth-order valence-corrected chi connectivity index (χ4v) is 1.80. The summed E-state index contributed by atoms with van der Waals surface area (Å²) in [4.78, 5) is 10.8. The van der Waals surface area contributed by atoms with Crippen molar-refractivity contribution in [3.05, 3.63) is 24.3 Å². The van der Waals surface area contributed by atoms with Crippen LogP contribution in [-0.4, -0.2) is 31.2 Å². The van der Waals surface area contributed by atoms with Crippen LogP contribution in [0, 0.1) is 0 Å². The monoisotopic (exact) mass is 293 g/mol. The maximum Gasteiger partial charge on any atom is 0.387 e. The van der Waals surface area contributed by atoms with Gasteiger partial charge in [0.2, 0.25) is 0 Å². The van der Waals surface area contributed by atoms with Gasteiger partial charge in [-0.25, -0.2) is 4.79 Å². The summed E-state index contributed by atoms with van der Waals surface area (Å²) in [5.74, 6) is -5.18. The van der Waals surface area contributed by atoms with Crippen molar-refractivity contribution < 1.29 is 31.8 Å². The molecule has 1 atom stereocenters. The lowest BCUT2D eigenvalue weighted by Gasteiger charge is -2.14. The number of cyclic esters (lactones) is 1. The second-order valence-corrected chi connectivity index (χ2v) is 4.19. The number of ether oxygens (including phenoxy) is 2. The van der Waals surface area contributed by atoms with Gasteiger partial charge >= 0.3 is 18.5 Å². The quantitative estimate of drug-likeness (QED) is 0.670. The number of anilines is 1. The van der Waals surface area contributed by atoms with Gasteiger partial charge in [-0.05, 0) is 12.1 Å². The number of carbonyl (C=O) groups excluding carboxylic acids is 1. The van der Waals surface area contributed by atoms with Gasteiger partial charge in [0.15, 0.2) is 0 Å². The number of halogens is 4. The number of nitrogens with one attached hydrogen (secondary N) is 1. The first-order valence-corrected chi connectivity index (χ1v) is 5.75. The highest BCUT2D eigenvalue weighted by Gasteiger charge is 2.50. The summed E-state index contributed by atoms with van der Waals surface area (Å²) in [6.45, 7) is -3.11. The van der Waals surface area contributed by atoms with Crippen LogP contribution in [0.1, 0.15) is 6.42 Å². The Kier molecular flexibility index (Phi) is 4.01. The van der Waals surface area contributed by atoms with Crippen LogP contribution in [0.2, 0.25) is 0 Å². The van der Waals surface area contributed by atoms with Crippen LogP contribution in [0.3, 0.4) is 0 Å². The van der Waals surface area contributed by atoms with Gasteiger partial charge in [-0.15, -0.1) is 0 Å². The maximum atomic E-state index is 12.9. The summed E-state index contributed by atoms with van der Waals surface area (Å²) in [5, 5.41) is 2.65. The average Bonchev–Trinajstić information content (AvgIpc) is 2.61. The van der Waals surface area contributed by atoms with E-state index in [2.05, 4.69) is 14.8 Å². The van der Waals surface area contributed by atoms with Gasteiger partial charge < -0.3 is 14.8 Å². The Morgan fingerprint density at radius 3 is 2.70 bits per heavy atom. The number of alkyl halides is 4. The zero-order chi connectivity index (χ0) is 14.8. The maximum absolute atomic E-state index is 12.9. The van der Waals surface area contributed by atoms with Crippen LogP contribution in [0.25, 0.3) is 0 Å². The molecule has 1 fully saturated rings. The Labute approximate surface area is 111 Å². The third-order valence-electron chi connectivity index (χ3n) is 2.68. The van der Waals surface area contributed by atoms with Crippen molar-refractivity contribution in [1.29, 1.82) is 0 Å². The Bertz CT molecular complexity index is 495. The summed E-state index contributed by atoms with van der Waals surface area (Å²) in [6.07, 6.45) is -1.76. The zero-order valence-electron chi connectivity index (χ0n) is 10.1. The molecule has 0 radical (unpaired) electrons. The van der Waals surface area contributed by atoms with Gasteiger partial charge in [-0.2, -0.15) is 17.6 Å². The first kappa shape index (κ1) is 14.4. The van der Waals surface area contributed by atoms with Gasteiger partial charge in [-0.1, -0.05) is 12.1 Å². The second kappa shape index (κ2) is 5.56. The van der Waals surface area contributed by atoms with E-state index >= 15 is 0 Å². The van der Waals surface area contributed by atoms with E-state index in [1.807, 2.05) is 0 Å². The molecule has 0 spiro atoms. The topological polar surface area (TPSA) is 47.6 Å². The number of para-hydroxylation sites is 2. The summed E-state index contributed by atoms with van der Waals surface area (Å²) in [5.41, 5.74) is 0.207. The van der Waals surface area contributed by atoms with Gasteiger partial charge in [0.25, 0.3) is 0 Å². The molecule has 0 aromatic heterocycles. The molecule has 4 nitrogen and oxygen atoms in total. The Morgan fingerprint density at radius 2 is 2.10 bits per heavy atom. The fraction of sp³-hybridized carbons (Fsp3) is 0.417. The average molecular weight is 293 g/mol. The highest BCUT2D eigenvalue weighted by Crippen LogP contribution is 2.32. The molecule has 0 aliphatic carbocycles. The van der Waals surface area contributed by atoms with E-state index in [-0.39, 0.29) is 18.0 Å². The number of hydrogen-bond donors (Lipinski definition) is 1. The molecule has 1 aromatic carbocycles. The van der Waals surface area contributed by atoms with Crippen molar-refractivity contribution >= 4 is 11.7 Å². The molecule has 1 aliphatic rings. The molecule has 1 N–H and O–H groups in total. The molecule has 1 aromatic rings. The Balaban J connectivity index is 1.96. The van der Waals surface area contributed by atoms with Crippen molar-refractivity contribution in [1.82, 2.24) is 0 Å². The minimum absolute atomic E-state index is 0.112. The van der Waals surface area contributed by atoms with E-state index in [9.17, 15) is 22.4 Å². The van der Waals surface area contributed by atoms with Crippen LogP contribution in [0.5, 0.6) is 5.75 Å². The lowest BCUT2D eigenvalue weighted by atomic mass is 10.2. The number of hydrogen-bond acceptors (Lipinski definition) is 4. The van der Waals surface area contributed by atoms with E-state index in [1.54, 1.807) is 6.07 Å². The molecule has 2 rings (SSSR count). The second-order valence-electron chi connectivity index (χ2n) is 4.19. The van der Waals surface area contributed by atoms with Crippen molar-refractivity contribution in [2.24, 2.45) is 0 Å². The first-order chi connectivity index (χ1) is 9.38. The number of carbonyl (C=O) groups is 1. The molecule has 0 bridgehead atoms. The normalized spacial score (nSPS) is 20.9. The van der Waals surface area contributed by atoms with E-state index in [1.165, 1.54) is 18.2 Å². The first-order valence-electron chi connectivity index (χ1n) is 5.75. The van der Waals surface area contributed by atoms with Crippen LogP contribution < -0.4 is 10.1 Å². The van der Waals surface area contributed by atoms with Crippen LogP contribution in [-0.2, 0) is 9.53 Å². The van der Waals surface area contributed by atoms with Crippen LogP contribution in [0.4, 0.5) is 23.2 Å². The molecule has 0 amide bonds. The largest absolute Gasteiger partial charge is 0.456 e. The van der Waals surface area contributed by atoms with Crippen LogP contribution >= 0.6 is 0 Å². The van der Waals surface area contributed by atoms with Crippen molar-refractivity contribution in [3.8, 4) is 5.75 Å². The van der Waals surface area contributed by atoms with Crippen molar-refractivity contribution in [3.63, 3.8) is 0 Å². The third kappa shape index (κ3) is 3.31. The van der Waals surface area contributed by atoms with Gasteiger partial charge in [0.1, 0.15) is 11.9 Å². The smallest absolute Gasteiger partial charge is 0.387 e. The molecule has 1 unspecified atom stereocenters. The highest BCUT2D eigenvalue weighted by molar-refractivity contribution is 5.79. The van der Waals surface area contributed by atoms with E-state index < -0.39 is 31.0 Å². The molecule has 110 valence electrons. The third-order valence-corrected chi connectivity index (χ3v) is 2.68. The molecule has 0 saturated carbocycles. The SMILES string of the molecule is O=C1OC(CNc2ccccc2OC(F)F)CC1(F)F. The molecular formula is C12H11F4NO3. The van der Waals surface area contributed by atoms with E-state index in [4.69, 9.17) is 0 Å². The van der Waals surface area contributed by atoms with Gasteiger partial charge in [-0.3, -0.25) is 0 Å². The summed E-state index contributed by atoms with van der Waals surface area (Å²) < 4.78 is 59.0. The number of rotatable bonds is 5. The molecule has 1 saturated heterocycles. The number of esters is 1. The Morgan fingerprint density at radius 1 is 1.40 bits per heavy atom. The Hall–Kier alpha value is -1.99. The summed E-state index contributed by atoms with van der Waals surface area (Å²) in [6, 6.07) is 5.82. The predicted molar refractivity (Wildman–Crippen MR) is 61.0 cm³/mol. The molecule has 1 aliphatic heterocycles. The minimum atomic E-state index is -3.49. The standard InChI is InChI=1S/C12H11F4NO3/c13-11(14)20-9-4-2-1-3-8(9)17-6-7-5-12(15,16)10(18)19-7/h1-4,7,11,17H,5-6H2. The molecular weight excluding hydrogens is 282 g/mol. The lowest BCUT2D eigenvalue weighted by molar-refractivity contribution is -0.158. The molecule has 8 heteroatoms. The molecule has 20 heavy (non-hydrogen) atoms. The van der Waals surface area contributed by atoms with E-state index in [0.29, 0.717) is 0 Å². The van der Waals surface area contributed by atoms with Crippen molar-refractivity contribution in [2.75, 3.05) is 11.9 Å². The van der Waals surface area contributed by atoms with Gasteiger partial charge in [0, 0.05) is 0 Å². The summed E-state index contributed by atoms with van der Waals surface area (Å²) in [7, 11) is 0. The fourth-order valence-electron chi connectivity index (χ4n) is 1.80. The molecule has 1 heterocycles. The predicted octanol–water partition coefficient (Wildman–Crippen LogP) is 2.65. The van der Waals surface area contributed by atoms with E-state index in [0.717, 1.165) is 0 Å².